The van der Waals surface area contributed by atoms with Crippen LogP contribution < -0.4 is 10.2 Å². The average Bonchev–Trinajstić information content (AvgIpc) is 2.66. The van der Waals surface area contributed by atoms with Crippen LogP contribution in [-0.2, 0) is 16.8 Å². The fourth-order valence-electron chi connectivity index (χ4n) is 2.93. The van der Waals surface area contributed by atoms with Crippen LogP contribution in [0.5, 0.6) is 0 Å². The Balaban J connectivity index is 1.87. The van der Waals surface area contributed by atoms with Crippen molar-refractivity contribution in [3.8, 4) is 0 Å². The summed E-state index contributed by atoms with van der Waals surface area (Å²) in [4.78, 5) is 14.4. The molecule has 0 unspecified atom stereocenters. The highest BCUT2D eigenvalue weighted by Crippen LogP contribution is 2.22. The fourth-order valence-corrected chi connectivity index (χ4v) is 2.93. The Labute approximate surface area is 164 Å². The summed E-state index contributed by atoms with van der Waals surface area (Å²) in [6.07, 6.45) is 3.45. The smallest absolute Gasteiger partial charge is 0.244 e. The Kier molecular flexibility index (Phi) is 7.23. The molecule has 3 nitrogen and oxygen atoms in total. The van der Waals surface area contributed by atoms with Crippen LogP contribution in [0, 0.1) is 0 Å². The fraction of sp³-hybridized carbons (Fsp3) is 0.375. The van der Waals surface area contributed by atoms with Crippen molar-refractivity contribution in [2.24, 2.45) is 0 Å². The maximum absolute atomic E-state index is 12.1. The van der Waals surface area contributed by atoms with E-state index in [1.54, 1.807) is 6.08 Å². The number of carbonyl (C=O) groups is 1. The van der Waals surface area contributed by atoms with Crippen LogP contribution in [0.1, 0.15) is 51.3 Å². The normalized spacial score (nSPS) is 11.6. The van der Waals surface area contributed by atoms with Crippen molar-refractivity contribution in [1.29, 1.82) is 0 Å². The Bertz CT molecular complexity index is 748. The molecule has 0 aliphatic carbocycles. The summed E-state index contributed by atoms with van der Waals surface area (Å²) < 4.78 is 0. The molecule has 0 fully saturated rings. The lowest BCUT2D eigenvalue weighted by molar-refractivity contribution is -0.116. The van der Waals surface area contributed by atoms with Gasteiger partial charge in [-0.2, -0.15) is 0 Å². The molecule has 2 aromatic carbocycles. The number of carbonyl (C=O) groups excluding carboxylic acids is 1. The molecular weight excluding hydrogens is 332 g/mol. The van der Waals surface area contributed by atoms with Gasteiger partial charge >= 0.3 is 0 Å². The number of nitrogens with one attached hydrogen (secondary N) is 1. The number of benzene rings is 2. The van der Waals surface area contributed by atoms with Gasteiger partial charge < -0.3 is 10.2 Å². The molecule has 0 radical (unpaired) electrons. The summed E-state index contributed by atoms with van der Waals surface area (Å²) in [6, 6.07) is 16.7. The summed E-state index contributed by atoms with van der Waals surface area (Å²) in [5, 5.41) is 2.94. The third-order valence-corrected chi connectivity index (χ3v) is 4.74. The Hall–Kier alpha value is -2.55. The van der Waals surface area contributed by atoms with Crippen LogP contribution in [-0.4, -0.2) is 19.0 Å². The van der Waals surface area contributed by atoms with Crippen molar-refractivity contribution in [1.82, 2.24) is 5.32 Å². The molecule has 2 aromatic rings. The molecule has 3 heteroatoms. The minimum Gasteiger partial charge on any atom is -0.372 e. The molecule has 144 valence electrons. The Morgan fingerprint density at radius 1 is 0.963 bits per heavy atom. The van der Waals surface area contributed by atoms with Crippen LogP contribution in [0.25, 0.3) is 6.08 Å². The summed E-state index contributed by atoms with van der Waals surface area (Å²) in [6.45, 7) is 13.4. The molecule has 0 bridgehead atoms. The molecule has 1 N–H and O–H groups in total. The molecule has 0 saturated carbocycles. The average molecular weight is 365 g/mol. The molecule has 0 saturated heterocycles. The number of hydrogen-bond donors (Lipinski definition) is 1. The van der Waals surface area contributed by atoms with Crippen molar-refractivity contribution in [2.45, 2.75) is 46.6 Å². The van der Waals surface area contributed by atoms with E-state index in [2.05, 4.69) is 93.4 Å². The van der Waals surface area contributed by atoms with Crippen molar-refractivity contribution in [3.05, 3.63) is 71.3 Å². The highest BCUT2D eigenvalue weighted by atomic mass is 16.1. The molecule has 2 rings (SSSR count). The molecule has 0 aliphatic rings. The Morgan fingerprint density at radius 3 is 2.07 bits per heavy atom. The van der Waals surface area contributed by atoms with Crippen molar-refractivity contribution >= 4 is 17.7 Å². The zero-order chi connectivity index (χ0) is 19.9. The Morgan fingerprint density at radius 2 is 1.56 bits per heavy atom. The second-order valence-corrected chi connectivity index (χ2v) is 7.76. The topological polar surface area (TPSA) is 32.3 Å². The maximum atomic E-state index is 12.1. The predicted molar refractivity (Wildman–Crippen MR) is 116 cm³/mol. The van der Waals surface area contributed by atoms with Crippen LogP contribution >= 0.6 is 0 Å². The lowest BCUT2D eigenvalue weighted by atomic mass is 9.87. The van der Waals surface area contributed by atoms with Crippen LogP contribution in [0.15, 0.2) is 54.6 Å². The predicted octanol–water partition coefficient (Wildman–Crippen LogP) is 5.16. The van der Waals surface area contributed by atoms with Gasteiger partial charge in [-0.1, -0.05) is 57.2 Å². The van der Waals surface area contributed by atoms with Gasteiger partial charge in [0.25, 0.3) is 0 Å². The van der Waals surface area contributed by atoms with Gasteiger partial charge in [0, 0.05) is 31.4 Å². The summed E-state index contributed by atoms with van der Waals surface area (Å²) in [5.74, 6) is -0.0808. The van der Waals surface area contributed by atoms with E-state index in [9.17, 15) is 4.79 Å². The van der Waals surface area contributed by atoms with Gasteiger partial charge in [-0.3, -0.25) is 4.79 Å². The molecule has 0 aromatic heterocycles. The van der Waals surface area contributed by atoms with E-state index in [0.717, 1.165) is 24.2 Å². The monoisotopic (exact) mass is 364 g/mol. The lowest BCUT2D eigenvalue weighted by Crippen LogP contribution is -2.22. The quantitative estimate of drug-likeness (QED) is 0.688. The molecular formula is C24H32N2O. The van der Waals surface area contributed by atoms with Crippen LogP contribution in [0.3, 0.4) is 0 Å². The number of rotatable bonds is 7. The van der Waals surface area contributed by atoms with E-state index in [1.165, 1.54) is 11.3 Å². The second-order valence-electron chi connectivity index (χ2n) is 7.76. The van der Waals surface area contributed by atoms with E-state index in [1.807, 2.05) is 6.08 Å². The SMILES string of the molecule is CCN(CC)c1ccc(CNC(=O)/C=C/c2ccc(C(C)(C)C)cc2)cc1. The lowest BCUT2D eigenvalue weighted by Gasteiger charge is -2.21. The molecule has 0 spiro atoms. The molecule has 27 heavy (non-hydrogen) atoms. The van der Waals surface area contributed by atoms with Gasteiger partial charge in [0.1, 0.15) is 0 Å². The second kappa shape index (κ2) is 9.40. The zero-order valence-electron chi connectivity index (χ0n) is 17.3. The molecule has 0 atom stereocenters. The van der Waals surface area contributed by atoms with E-state index < -0.39 is 0 Å². The van der Waals surface area contributed by atoms with Gasteiger partial charge in [0.15, 0.2) is 0 Å². The van der Waals surface area contributed by atoms with Gasteiger partial charge in [-0.05, 0) is 54.2 Å². The third kappa shape index (κ3) is 6.28. The number of hydrogen-bond acceptors (Lipinski definition) is 2. The van der Waals surface area contributed by atoms with Crippen LogP contribution in [0.4, 0.5) is 5.69 Å². The minimum absolute atomic E-state index is 0.0808. The maximum Gasteiger partial charge on any atom is 0.244 e. The standard InChI is InChI=1S/C24H32N2O/c1-6-26(7-2)22-15-10-20(11-16-22)18-25-23(27)17-12-19-8-13-21(14-9-19)24(3,4)5/h8-17H,6-7,18H2,1-5H3,(H,25,27)/b17-12+. The first-order valence-electron chi connectivity index (χ1n) is 9.73. The van der Waals surface area contributed by atoms with Crippen molar-refractivity contribution in [3.63, 3.8) is 0 Å². The number of amides is 1. The van der Waals surface area contributed by atoms with E-state index in [0.29, 0.717) is 6.54 Å². The molecule has 1 amide bonds. The van der Waals surface area contributed by atoms with E-state index in [4.69, 9.17) is 0 Å². The molecule has 0 aliphatic heterocycles. The summed E-state index contributed by atoms with van der Waals surface area (Å²) in [5.41, 5.74) is 4.77. The summed E-state index contributed by atoms with van der Waals surface area (Å²) >= 11 is 0. The van der Waals surface area contributed by atoms with E-state index in [-0.39, 0.29) is 11.3 Å². The minimum atomic E-state index is -0.0808. The highest BCUT2D eigenvalue weighted by Gasteiger charge is 2.12. The first-order valence-corrected chi connectivity index (χ1v) is 9.73. The van der Waals surface area contributed by atoms with Crippen molar-refractivity contribution in [2.75, 3.05) is 18.0 Å². The van der Waals surface area contributed by atoms with E-state index >= 15 is 0 Å². The van der Waals surface area contributed by atoms with Gasteiger partial charge in [0.2, 0.25) is 5.91 Å². The van der Waals surface area contributed by atoms with Crippen molar-refractivity contribution < 1.29 is 4.79 Å². The largest absolute Gasteiger partial charge is 0.372 e. The number of anilines is 1. The zero-order valence-corrected chi connectivity index (χ0v) is 17.3. The summed E-state index contributed by atoms with van der Waals surface area (Å²) in [7, 11) is 0. The number of nitrogens with zero attached hydrogens (tertiary/aromatic N) is 1. The third-order valence-electron chi connectivity index (χ3n) is 4.74. The molecule has 0 heterocycles. The highest BCUT2D eigenvalue weighted by molar-refractivity contribution is 5.91. The van der Waals surface area contributed by atoms with Gasteiger partial charge in [-0.15, -0.1) is 0 Å². The first-order chi connectivity index (χ1) is 12.8. The first kappa shape index (κ1) is 20.8. The van der Waals surface area contributed by atoms with Crippen LogP contribution in [0.2, 0.25) is 0 Å². The van der Waals surface area contributed by atoms with Gasteiger partial charge in [-0.25, -0.2) is 0 Å². The van der Waals surface area contributed by atoms with Gasteiger partial charge in [0.05, 0.1) is 0 Å².